The lowest BCUT2D eigenvalue weighted by atomic mass is 9.85. The summed E-state index contributed by atoms with van der Waals surface area (Å²) in [7, 11) is 0. The summed E-state index contributed by atoms with van der Waals surface area (Å²) < 4.78 is 0. The van der Waals surface area contributed by atoms with Crippen LogP contribution in [0.15, 0.2) is 29.6 Å². The Morgan fingerprint density at radius 3 is 2.84 bits per heavy atom. The van der Waals surface area contributed by atoms with Crippen LogP contribution in [0.2, 0.25) is 0 Å². The highest BCUT2D eigenvalue weighted by molar-refractivity contribution is 6.06. The van der Waals surface area contributed by atoms with Crippen LogP contribution in [0.5, 0.6) is 0 Å². The van der Waals surface area contributed by atoms with Crippen molar-refractivity contribution in [1.82, 2.24) is 10.3 Å². The Bertz CT molecular complexity index is 447. The van der Waals surface area contributed by atoms with Crippen molar-refractivity contribution in [2.75, 3.05) is 6.54 Å². The molecule has 1 rings (SSSR count). The molecule has 0 fully saturated rings. The molecule has 1 aromatic heterocycles. The van der Waals surface area contributed by atoms with Crippen molar-refractivity contribution in [3.63, 3.8) is 0 Å². The molecule has 0 saturated carbocycles. The maximum absolute atomic E-state index is 12.1. The van der Waals surface area contributed by atoms with Crippen LogP contribution in [0, 0.1) is 5.41 Å². The number of amidine groups is 1. The van der Waals surface area contributed by atoms with Crippen molar-refractivity contribution in [3.8, 4) is 0 Å². The van der Waals surface area contributed by atoms with Crippen molar-refractivity contribution < 1.29 is 10.0 Å². The van der Waals surface area contributed by atoms with Gasteiger partial charge in [0.25, 0.3) is 0 Å². The number of amides is 1. The van der Waals surface area contributed by atoms with E-state index in [2.05, 4.69) is 15.5 Å². The van der Waals surface area contributed by atoms with Gasteiger partial charge in [0, 0.05) is 24.9 Å². The molecule has 0 aliphatic rings. The Balaban J connectivity index is 2.55. The third-order valence-electron chi connectivity index (χ3n) is 3.27. The Labute approximate surface area is 112 Å². The monoisotopic (exact) mass is 264 g/mol. The minimum Gasteiger partial charge on any atom is -0.409 e. The maximum atomic E-state index is 12.1. The smallest absolute Gasteiger partial charge is 0.233 e. The number of hydrogen-bond donors (Lipinski definition) is 3. The lowest BCUT2D eigenvalue weighted by molar-refractivity contribution is -0.127. The number of hydrogen-bond acceptors (Lipinski definition) is 4. The molecule has 1 atom stereocenters. The lowest BCUT2D eigenvalue weighted by Crippen LogP contribution is -2.48. The van der Waals surface area contributed by atoms with E-state index in [1.165, 1.54) is 0 Å². The molecule has 19 heavy (non-hydrogen) atoms. The van der Waals surface area contributed by atoms with Gasteiger partial charge in [-0.1, -0.05) is 18.1 Å². The van der Waals surface area contributed by atoms with E-state index in [9.17, 15) is 4.79 Å². The predicted octanol–water partition coefficient (Wildman–Crippen LogP) is 0.903. The van der Waals surface area contributed by atoms with Gasteiger partial charge >= 0.3 is 0 Å². The van der Waals surface area contributed by atoms with E-state index in [0.717, 1.165) is 5.69 Å². The Morgan fingerprint density at radius 1 is 1.58 bits per heavy atom. The topological polar surface area (TPSA) is 101 Å². The molecule has 0 spiro atoms. The number of nitrogens with one attached hydrogen (secondary N) is 1. The summed E-state index contributed by atoms with van der Waals surface area (Å²) in [5.41, 5.74) is 5.49. The van der Waals surface area contributed by atoms with Crippen LogP contribution in [0.4, 0.5) is 0 Å². The van der Waals surface area contributed by atoms with E-state index in [1.807, 2.05) is 25.1 Å². The molecule has 4 N–H and O–H groups in total. The van der Waals surface area contributed by atoms with Crippen molar-refractivity contribution in [1.29, 1.82) is 0 Å². The zero-order valence-electron chi connectivity index (χ0n) is 11.3. The standard InChI is InChI=1S/C13H20N4O2/c1-3-13(2,11(14)17-19)12(18)16-9-7-10-6-4-5-8-15-10/h4-6,8,19H,3,7,9H2,1-2H3,(H2,14,17)(H,16,18). The van der Waals surface area contributed by atoms with Crippen molar-refractivity contribution in [2.24, 2.45) is 16.3 Å². The second-order valence-corrected chi connectivity index (χ2v) is 4.50. The van der Waals surface area contributed by atoms with Crippen LogP contribution >= 0.6 is 0 Å². The van der Waals surface area contributed by atoms with Crippen LogP contribution in [0.25, 0.3) is 0 Å². The number of oxime groups is 1. The fraction of sp³-hybridized carbons (Fsp3) is 0.462. The minimum absolute atomic E-state index is 0.0784. The third-order valence-corrected chi connectivity index (χ3v) is 3.27. The predicted molar refractivity (Wildman–Crippen MR) is 72.8 cm³/mol. The van der Waals surface area contributed by atoms with Gasteiger partial charge < -0.3 is 16.3 Å². The van der Waals surface area contributed by atoms with Gasteiger partial charge in [-0.15, -0.1) is 0 Å². The van der Waals surface area contributed by atoms with E-state index in [-0.39, 0.29) is 11.7 Å². The van der Waals surface area contributed by atoms with Crippen LogP contribution < -0.4 is 11.1 Å². The van der Waals surface area contributed by atoms with E-state index < -0.39 is 5.41 Å². The van der Waals surface area contributed by atoms with Crippen molar-refractivity contribution in [2.45, 2.75) is 26.7 Å². The molecular weight excluding hydrogens is 244 g/mol. The van der Waals surface area contributed by atoms with Crippen molar-refractivity contribution in [3.05, 3.63) is 30.1 Å². The quantitative estimate of drug-likeness (QED) is 0.307. The number of pyridine rings is 1. The van der Waals surface area contributed by atoms with Crippen molar-refractivity contribution >= 4 is 11.7 Å². The highest BCUT2D eigenvalue weighted by atomic mass is 16.4. The van der Waals surface area contributed by atoms with E-state index in [4.69, 9.17) is 10.9 Å². The van der Waals surface area contributed by atoms with Crippen LogP contribution in [-0.2, 0) is 11.2 Å². The fourth-order valence-corrected chi connectivity index (χ4v) is 1.61. The van der Waals surface area contributed by atoms with Crippen LogP contribution in [0.1, 0.15) is 26.0 Å². The SMILES string of the molecule is CCC(C)(C(=O)NCCc1ccccn1)/C(N)=N/O. The lowest BCUT2D eigenvalue weighted by Gasteiger charge is -2.25. The Kier molecular flexibility index (Phi) is 5.29. The van der Waals surface area contributed by atoms with Gasteiger partial charge in [0.2, 0.25) is 5.91 Å². The van der Waals surface area contributed by atoms with E-state index >= 15 is 0 Å². The van der Waals surface area contributed by atoms with Gasteiger partial charge in [0.1, 0.15) is 5.41 Å². The number of rotatable bonds is 6. The Hall–Kier alpha value is -2.11. The van der Waals surface area contributed by atoms with Gasteiger partial charge in [-0.25, -0.2) is 0 Å². The van der Waals surface area contributed by atoms with Gasteiger partial charge in [0.15, 0.2) is 5.84 Å². The first-order valence-electron chi connectivity index (χ1n) is 6.20. The third kappa shape index (κ3) is 3.67. The number of carbonyl (C=O) groups excluding carboxylic acids is 1. The first-order valence-corrected chi connectivity index (χ1v) is 6.20. The second-order valence-electron chi connectivity index (χ2n) is 4.50. The Morgan fingerprint density at radius 2 is 2.32 bits per heavy atom. The number of nitrogens with two attached hydrogens (primary N) is 1. The minimum atomic E-state index is -0.987. The number of nitrogens with zero attached hydrogens (tertiary/aromatic N) is 2. The van der Waals surface area contributed by atoms with Gasteiger partial charge in [-0.2, -0.15) is 0 Å². The molecule has 104 valence electrons. The summed E-state index contributed by atoms with van der Waals surface area (Å²) in [6.45, 7) is 3.93. The largest absolute Gasteiger partial charge is 0.409 e. The molecule has 0 saturated heterocycles. The average Bonchev–Trinajstić information content (AvgIpc) is 2.46. The molecule has 6 nitrogen and oxygen atoms in total. The fourth-order valence-electron chi connectivity index (χ4n) is 1.61. The molecule has 6 heteroatoms. The summed E-state index contributed by atoms with van der Waals surface area (Å²) in [6.07, 6.45) is 2.81. The van der Waals surface area contributed by atoms with Gasteiger partial charge in [-0.3, -0.25) is 9.78 Å². The maximum Gasteiger partial charge on any atom is 0.233 e. The summed E-state index contributed by atoms with van der Waals surface area (Å²) in [5, 5.41) is 14.5. The molecule has 0 bridgehead atoms. The first kappa shape index (κ1) is 14.9. The molecule has 0 radical (unpaired) electrons. The summed E-state index contributed by atoms with van der Waals surface area (Å²) in [6, 6.07) is 5.64. The summed E-state index contributed by atoms with van der Waals surface area (Å²) >= 11 is 0. The van der Waals surface area contributed by atoms with Crippen LogP contribution in [-0.4, -0.2) is 28.5 Å². The molecule has 0 aromatic carbocycles. The number of aromatic nitrogens is 1. The van der Waals surface area contributed by atoms with Crippen LogP contribution in [0.3, 0.4) is 0 Å². The molecule has 0 aliphatic heterocycles. The summed E-state index contributed by atoms with van der Waals surface area (Å²) in [4.78, 5) is 16.3. The highest BCUT2D eigenvalue weighted by Crippen LogP contribution is 2.21. The normalized spacial score (nSPS) is 14.7. The molecule has 1 amide bonds. The average molecular weight is 264 g/mol. The second kappa shape index (κ2) is 6.72. The van der Waals surface area contributed by atoms with E-state index in [0.29, 0.717) is 19.4 Å². The summed E-state index contributed by atoms with van der Waals surface area (Å²) in [5.74, 6) is -0.327. The molecule has 1 heterocycles. The van der Waals surface area contributed by atoms with Gasteiger partial charge in [-0.05, 0) is 25.5 Å². The molecule has 0 aliphatic carbocycles. The zero-order valence-corrected chi connectivity index (χ0v) is 11.3. The molecule has 1 unspecified atom stereocenters. The zero-order chi connectivity index (χ0) is 14.3. The first-order chi connectivity index (χ1) is 9.04. The van der Waals surface area contributed by atoms with Gasteiger partial charge in [0.05, 0.1) is 0 Å². The number of carbonyl (C=O) groups is 1. The highest BCUT2D eigenvalue weighted by Gasteiger charge is 2.36. The van der Waals surface area contributed by atoms with E-state index in [1.54, 1.807) is 13.1 Å². The molecular formula is C13H20N4O2. The molecule has 1 aromatic rings.